The highest BCUT2D eigenvalue weighted by Crippen LogP contribution is 2.33. The Kier molecular flexibility index (Phi) is 3.74. The molecule has 1 atom stereocenters. The molecule has 0 heterocycles. The average Bonchev–Trinajstić information content (AvgIpc) is 2.78. The van der Waals surface area contributed by atoms with Crippen molar-refractivity contribution in [3.63, 3.8) is 0 Å². The molecule has 1 aliphatic rings. The van der Waals surface area contributed by atoms with Crippen LogP contribution in [0.3, 0.4) is 0 Å². The van der Waals surface area contributed by atoms with Crippen molar-refractivity contribution in [1.82, 2.24) is 5.32 Å². The van der Waals surface area contributed by atoms with Gasteiger partial charge in [0.15, 0.2) is 0 Å². The molecule has 1 rings (SSSR count). The molecule has 0 spiro atoms. The highest BCUT2D eigenvalue weighted by atomic mass is 32.2. The average molecular weight is 205 g/mol. The third kappa shape index (κ3) is 4.62. The van der Waals surface area contributed by atoms with Crippen molar-refractivity contribution < 1.29 is 8.42 Å². The monoisotopic (exact) mass is 205 g/mol. The van der Waals surface area contributed by atoms with E-state index in [-0.39, 0.29) is 5.75 Å². The molecular formula is C9H19NO2S. The van der Waals surface area contributed by atoms with Crippen molar-refractivity contribution in [1.29, 1.82) is 0 Å². The maximum atomic E-state index is 10.8. The molecule has 3 nitrogen and oxygen atoms in total. The largest absolute Gasteiger partial charge is 0.313 e. The smallest absolute Gasteiger partial charge is 0.148 e. The Balaban J connectivity index is 2.16. The zero-order chi connectivity index (χ0) is 9.90. The lowest BCUT2D eigenvalue weighted by atomic mass is 10.1. The van der Waals surface area contributed by atoms with Crippen molar-refractivity contribution >= 4 is 9.84 Å². The molecule has 0 amide bonds. The van der Waals surface area contributed by atoms with Crippen LogP contribution in [-0.4, -0.2) is 33.0 Å². The molecule has 1 unspecified atom stereocenters. The molecule has 0 aromatic heterocycles. The van der Waals surface area contributed by atoms with E-state index in [1.807, 2.05) is 0 Å². The van der Waals surface area contributed by atoms with Crippen LogP contribution in [0, 0.1) is 5.92 Å². The molecule has 0 saturated heterocycles. The lowest BCUT2D eigenvalue weighted by molar-refractivity contribution is 0.461. The summed E-state index contributed by atoms with van der Waals surface area (Å²) in [4.78, 5) is 0. The van der Waals surface area contributed by atoms with E-state index in [1.165, 1.54) is 19.1 Å². The second-order valence-electron chi connectivity index (χ2n) is 3.94. The lowest BCUT2D eigenvalue weighted by Gasteiger charge is -2.15. The van der Waals surface area contributed by atoms with Crippen molar-refractivity contribution in [2.75, 3.05) is 18.6 Å². The first-order chi connectivity index (χ1) is 6.03. The minimum atomic E-state index is -2.80. The van der Waals surface area contributed by atoms with Crippen LogP contribution in [0.1, 0.15) is 26.2 Å². The Bertz CT molecular complexity index is 244. The van der Waals surface area contributed by atoms with Gasteiger partial charge in [0, 0.05) is 18.8 Å². The van der Waals surface area contributed by atoms with Gasteiger partial charge in [-0.05, 0) is 25.2 Å². The van der Waals surface area contributed by atoms with Gasteiger partial charge in [0.05, 0.1) is 5.75 Å². The van der Waals surface area contributed by atoms with Gasteiger partial charge in [-0.3, -0.25) is 0 Å². The highest BCUT2D eigenvalue weighted by molar-refractivity contribution is 7.90. The van der Waals surface area contributed by atoms with Crippen molar-refractivity contribution in [3.8, 4) is 0 Å². The molecule has 0 aromatic rings. The predicted molar refractivity (Wildman–Crippen MR) is 54.5 cm³/mol. The van der Waals surface area contributed by atoms with Crippen LogP contribution in [0.25, 0.3) is 0 Å². The van der Waals surface area contributed by atoms with Crippen LogP contribution in [0.15, 0.2) is 0 Å². The summed E-state index contributed by atoms with van der Waals surface area (Å²) < 4.78 is 21.7. The molecular weight excluding hydrogens is 186 g/mol. The van der Waals surface area contributed by atoms with Gasteiger partial charge in [-0.2, -0.15) is 0 Å². The third-order valence-electron chi connectivity index (χ3n) is 2.51. The van der Waals surface area contributed by atoms with E-state index in [0.717, 1.165) is 12.3 Å². The first-order valence-corrected chi connectivity index (χ1v) is 7.00. The fourth-order valence-corrected chi connectivity index (χ4v) is 2.06. The maximum Gasteiger partial charge on any atom is 0.148 e. The molecule has 78 valence electrons. The van der Waals surface area contributed by atoms with Crippen LogP contribution in [0.2, 0.25) is 0 Å². The van der Waals surface area contributed by atoms with E-state index in [1.54, 1.807) is 0 Å². The van der Waals surface area contributed by atoms with Crippen LogP contribution in [0.5, 0.6) is 0 Å². The summed E-state index contributed by atoms with van der Waals surface area (Å²) in [5.41, 5.74) is 0. The number of rotatable bonds is 6. The molecule has 1 fully saturated rings. The summed E-state index contributed by atoms with van der Waals surface area (Å²) in [6.07, 6.45) is 5.01. The Morgan fingerprint density at radius 1 is 1.46 bits per heavy atom. The van der Waals surface area contributed by atoms with Gasteiger partial charge < -0.3 is 5.32 Å². The summed E-state index contributed by atoms with van der Waals surface area (Å²) in [7, 11) is -2.80. The topological polar surface area (TPSA) is 46.2 Å². The highest BCUT2D eigenvalue weighted by Gasteiger charge is 2.29. The third-order valence-corrected chi connectivity index (χ3v) is 3.46. The molecule has 0 bridgehead atoms. The predicted octanol–water partition coefficient (Wildman–Crippen LogP) is 0.809. The summed E-state index contributed by atoms with van der Waals surface area (Å²) in [6, 6.07) is 0.543. The number of hydrogen-bond donors (Lipinski definition) is 1. The second kappa shape index (κ2) is 4.42. The standard InChI is InChI=1S/C9H19NO2S/c1-3-9(8-4-5-8)10-6-7-13(2,11)12/h8-10H,3-7H2,1-2H3. The summed E-state index contributed by atoms with van der Waals surface area (Å²) in [5, 5.41) is 3.31. The number of nitrogens with one attached hydrogen (secondary N) is 1. The van der Waals surface area contributed by atoms with Crippen LogP contribution in [0.4, 0.5) is 0 Å². The van der Waals surface area contributed by atoms with E-state index in [2.05, 4.69) is 12.2 Å². The minimum Gasteiger partial charge on any atom is -0.313 e. The first-order valence-electron chi connectivity index (χ1n) is 4.94. The molecule has 0 radical (unpaired) electrons. The molecule has 0 aliphatic heterocycles. The summed E-state index contributed by atoms with van der Waals surface area (Å²) in [5.74, 6) is 1.07. The normalized spacial score (nSPS) is 20.2. The van der Waals surface area contributed by atoms with Gasteiger partial charge in [-0.15, -0.1) is 0 Å². The Morgan fingerprint density at radius 3 is 2.46 bits per heavy atom. The second-order valence-corrected chi connectivity index (χ2v) is 6.20. The van der Waals surface area contributed by atoms with Gasteiger partial charge in [-0.25, -0.2) is 8.42 Å². The first kappa shape index (κ1) is 11.0. The molecule has 4 heteroatoms. The van der Waals surface area contributed by atoms with E-state index in [4.69, 9.17) is 0 Å². The van der Waals surface area contributed by atoms with Gasteiger partial charge in [0.25, 0.3) is 0 Å². The summed E-state index contributed by atoms with van der Waals surface area (Å²) in [6.45, 7) is 2.75. The molecule has 13 heavy (non-hydrogen) atoms. The fraction of sp³-hybridized carbons (Fsp3) is 1.00. The van der Waals surface area contributed by atoms with Crippen molar-refractivity contribution in [3.05, 3.63) is 0 Å². The quantitative estimate of drug-likeness (QED) is 0.698. The minimum absolute atomic E-state index is 0.260. The Labute approximate surface area is 80.8 Å². The number of sulfone groups is 1. The van der Waals surface area contributed by atoms with E-state index in [0.29, 0.717) is 12.6 Å². The molecule has 1 saturated carbocycles. The van der Waals surface area contributed by atoms with Gasteiger partial charge in [0.2, 0.25) is 0 Å². The zero-order valence-electron chi connectivity index (χ0n) is 8.41. The van der Waals surface area contributed by atoms with Crippen molar-refractivity contribution in [2.45, 2.75) is 32.2 Å². The number of hydrogen-bond acceptors (Lipinski definition) is 3. The van der Waals surface area contributed by atoms with Gasteiger partial charge in [-0.1, -0.05) is 6.92 Å². The van der Waals surface area contributed by atoms with Crippen LogP contribution in [-0.2, 0) is 9.84 Å². The van der Waals surface area contributed by atoms with E-state index >= 15 is 0 Å². The Morgan fingerprint density at radius 2 is 2.08 bits per heavy atom. The van der Waals surface area contributed by atoms with Crippen LogP contribution >= 0.6 is 0 Å². The molecule has 1 N–H and O–H groups in total. The van der Waals surface area contributed by atoms with Crippen LogP contribution < -0.4 is 5.32 Å². The maximum absolute atomic E-state index is 10.8. The van der Waals surface area contributed by atoms with E-state index < -0.39 is 9.84 Å². The lowest BCUT2D eigenvalue weighted by Crippen LogP contribution is -2.34. The Hall–Kier alpha value is -0.0900. The summed E-state index contributed by atoms with van der Waals surface area (Å²) >= 11 is 0. The van der Waals surface area contributed by atoms with Crippen molar-refractivity contribution in [2.24, 2.45) is 5.92 Å². The SMILES string of the molecule is CCC(NCCS(C)(=O)=O)C1CC1. The van der Waals surface area contributed by atoms with E-state index in [9.17, 15) is 8.42 Å². The van der Waals surface area contributed by atoms with Gasteiger partial charge >= 0.3 is 0 Å². The molecule has 0 aromatic carbocycles. The van der Waals surface area contributed by atoms with Gasteiger partial charge in [0.1, 0.15) is 9.84 Å². The zero-order valence-corrected chi connectivity index (χ0v) is 9.23. The molecule has 1 aliphatic carbocycles. The fourth-order valence-electron chi connectivity index (χ4n) is 1.57.